The number of carbonyl (C=O) groups excluding carboxylic acids is 4. The molecule has 25 nitrogen and oxygen atoms in total. The molecule has 2 heterocycles. The van der Waals surface area contributed by atoms with Crippen LogP contribution in [-0.4, -0.2) is 205 Å². The van der Waals surface area contributed by atoms with E-state index in [0.717, 1.165) is 148 Å². The van der Waals surface area contributed by atoms with Crippen molar-refractivity contribution in [2.24, 2.45) is 0 Å². The first-order valence-corrected chi connectivity index (χ1v) is 49.4. The summed E-state index contributed by atoms with van der Waals surface area (Å²) in [6.45, 7) is 5.61. The average Bonchev–Trinajstić information content (AvgIpc) is 0.754. The summed E-state index contributed by atoms with van der Waals surface area (Å²) in [4.78, 5) is 66.5. The predicted molar refractivity (Wildman–Crippen MR) is 458 cm³/mol. The van der Waals surface area contributed by atoms with Crippen LogP contribution in [0.4, 0.5) is 0 Å². The first-order chi connectivity index (χ1) is 57.2. The van der Waals surface area contributed by atoms with Crippen LogP contribution < -0.4 is 0 Å². The minimum Gasteiger partial charge on any atom is -0.463 e. The lowest BCUT2D eigenvalue weighted by Gasteiger charge is -2.50. The second-order valence-corrected chi connectivity index (χ2v) is 35.6. The van der Waals surface area contributed by atoms with Gasteiger partial charge in [-0.05, 0) is 51.4 Å². The fourth-order valence-electron chi connectivity index (χ4n) is 15.9. The molecule has 3 fully saturated rings. The average molecular weight is 1710 g/mol. The van der Waals surface area contributed by atoms with E-state index in [1.165, 1.54) is 186 Å². The Balaban J connectivity index is 1.90. The number of aliphatic hydroxyl groups is 9. The third-order valence-electron chi connectivity index (χ3n) is 23.5. The van der Waals surface area contributed by atoms with Gasteiger partial charge in [0, 0.05) is 25.7 Å². The number of aliphatic hydroxyl groups excluding tert-OH is 9. The minimum atomic E-state index is -5.80. The lowest BCUT2D eigenvalue weighted by atomic mass is 9.84. The van der Waals surface area contributed by atoms with Crippen molar-refractivity contribution >= 4 is 31.7 Å². The van der Waals surface area contributed by atoms with Gasteiger partial charge in [-0.2, -0.15) is 0 Å². The zero-order chi connectivity index (χ0) is 86.1. The van der Waals surface area contributed by atoms with E-state index in [1.54, 1.807) is 0 Å². The van der Waals surface area contributed by atoms with Crippen molar-refractivity contribution in [3.8, 4) is 0 Å². The lowest BCUT2D eigenvalue weighted by Crippen LogP contribution is -2.70. The SMILES string of the molecule is CCCCCC/C=C\CCCCCCCCCC(=O)OCC(COP(=O)(O)OC1C(OC2OC(CO)C(O)C(O)C2O)C(O)C(O)C(OC(=O)CCCCCCCCCCCCCCC)C1OC1OC(COC(=O)CCCCCCCCCCCCCCCCC)C(O)C(O)C1O)OC(=O)CCCCCCCCCCCCCCCCCC. The lowest BCUT2D eigenvalue weighted by molar-refractivity contribution is -0.360. The van der Waals surface area contributed by atoms with Crippen LogP contribution in [0.1, 0.15) is 419 Å². The van der Waals surface area contributed by atoms with Crippen molar-refractivity contribution in [1.82, 2.24) is 0 Å². The number of rotatable bonds is 78. The van der Waals surface area contributed by atoms with Crippen molar-refractivity contribution in [2.45, 2.75) is 524 Å². The first-order valence-electron chi connectivity index (χ1n) is 47.9. The van der Waals surface area contributed by atoms with E-state index < -0.39 is 162 Å². The molecule has 18 unspecified atom stereocenters. The molecule has 0 amide bonds. The van der Waals surface area contributed by atoms with Crippen LogP contribution in [0, 0.1) is 0 Å². The number of phosphoric acid groups is 1. The van der Waals surface area contributed by atoms with Crippen molar-refractivity contribution in [3.05, 3.63) is 12.2 Å². The molecule has 0 bridgehead atoms. The highest BCUT2D eigenvalue weighted by Gasteiger charge is 2.60. The van der Waals surface area contributed by atoms with Crippen molar-refractivity contribution in [3.63, 3.8) is 0 Å². The topological polar surface area (TPSA) is 380 Å². The van der Waals surface area contributed by atoms with Crippen LogP contribution in [0.5, 0.6) is 0 Å². The summed E-state index contributed by atoms with van der Waals surface area (Å²) in [5.41, 5.74) is 0. The Morgan fingerprint density at radius 1 is 0.331 bits per heavy atom. The van der Waals surface area contributed by atoms with Gasteiger partial charge in [-0.3, -0.25) is 28.2 Å². The summed E-state index contributed by atoms with van der Waals surface area (Å²) >= 11 is 0. The summed E-state index contributed by atoms with van der Waals surface area (Å²) in [6, 6.07) is 0. The molecule has 118 heavy (non-hydrogen) atoms. The quantitative estimate of drug-likeness (QED) is 0.00889. The summed E-state index contributed by atoms with van der Waals surface area (Å²) in [6.07, 6.45) is 30.5. The molecule has 0 radical (unpaired) electrons. The molecule has 26 heteroatoms. The molecular formula is C92H171O25P. The smallest absolute Gasteiger partial charge is 0.463 e. The van der Waals surface area contributed by atoms with Crippen LogP contribution in [0.2, 0.25) is 0 Å². The molecule has 0 aromatic rings. The van der Waals surface area contributed by atoms with Crippen molar-refractivity contribution in [2.75, 3.05) is 26.4 Å². The third kappa shape index (κ3) is 51.0. The van der Waals surface area contributed by atoms with Gasteiger partial charge in [0.25, 0.3) is 0 Å². The Morgan fingerprint density at radius 2 is 0.636 bits per heavy atom. The zero-order valence-corrected chi connectivity index (χ0v) is 74.9. The number of esters is 4. The van der Waals surface area contributed by atoms with Gasteiger partial charge in [-0.1, -0.05) is 354 Å². The summed E-state index contributed by atoms with van der Waals surface area (Å²) in [5.74, 6) is -2.95. The van der Waals surface area contributed by atoms with Crippen LogP contribution in [0.25, 0.3) is 0 Å². The van der Waals surface area contributed by atoms with E-state index in [1.807, 2.05) is 0 Å². The molecule has 0 spiro atoms. The molecular weight excluding hydrogens is 1540 g/mol. The maximum absolute atomic E-state index is 14.9. The number of hydrogen-bond acceptors (Lipinski definition) is 24. The van der Waals surface area contributed by atoms with Crippen LogP contribution in [0.15, 0.2) is 12.2 Å². The molecule has 1 aliphatic carbocycles. The summed E-state index contributed by atoms with van der Waals surface area (Å²) in [5, 5.41) is 102. The molecule has 10 N–H and O–H groups in total. The summed E-state index contributed by atoms with van der Waals surface area (Å²) in [7, 11) is -5.80. The van der Waals surface area contributed by atoms with Gasteiger partial charge in [0.15, 0.2) is 24.8 Å². The van der Waals surface area contributed by atoms with Gasteiger partial charge in [0.2, 0.25) is 0 Å². The Morgan fingerprint density at radius 3 is 1.02 bits per heavy atom. The largest absolute Gasteiger partial charge is 0.472 e. The molecule has 2 aliphatic heterocycles. The second kappa shape index (κ2) is 71.4. The highest BCUT2D eigenvalue weighted by Crippen LogP contribution is 2.49. The summed E-state index contributed by atoms with van der Waals surface area (Å²) < 4.78 is 73.5. The molecule has 18 atom stereocenters. The molecule has 3 aliphatic rings. The number of carbonyl (C=O) groups is 4. The molecule has 694 valence electrons. The fraction of sp³-hybridized carbons (Fsp3) is 0.935. The third-order valence-corrected chi connectivity index (χ3v) is 24.5. The Labute approximate surface area is 712 Å². The normalized spacial score (nSPS) is 24.9. The Hall–Kier alpha value is -2.79. The molecule has 0 aromatic carbocycles. The number of phosphoric ester groups is 1. The fourth-order valence-corrected chi connectivity index (χ4v) is 16.9. The second-order valence-electron chi connectivity index (χ2n) is 34.2. The van der Waals surface area contributed by atoms with Gasteiger partial charge < -0.3 is 88.7 Å². The Kier molecular flexibility index (Phi) is 66.2. The predicted octanol–water partition coefficient (Wildman–Crippen LogP) is 17.9. The highest BCUT2D eigenvalue weighted by molar-refractivity contribution is 7.47. The minimum absolute atomic E-state index is 0.0191. The van der Waals surface area contributed by atoms with E-state index >= 15 is 0 Å². The molecule has 2 saturated heterocycles. The van der Waals surface area contributed by atoms with E-state index in [-0.39, 0.29) is 25.7 Å². The van der Waals surface area contributed by atoms with Crippen LogP contribution in [0.3, 0.4) is 0 Å². The Bertz CT molecular complexity index is 2500. The van der Waals surface area contributed by atoms with E-state index in [2.05, 4.69) is 39.8 Å². The highest BCUT2D eigenvalue weighted by atomic mass is 31.2. The van der Waals surface area contributed by atoms with Crippen LogP contribution >= 0.6 is 7.82 Å². The van der Waals surface area contributed by atoms with Gasteiger partial charge in [-0.15, -0.1) is 0 Å². The first kappa shape index (κ1) is 109. The maximum Gasteiger partial charge on any atom is 0.472 e. The van der Waals surface area contributed by atoms with Gasteiger partial charge in [-0.25, -0.2) is 4.57 Å². The standard InChI is InChI=1S/C92H171O25P/c1-5-9-13-17-21-25-29-33-36-39-43-47-50-54-58-62-66-77(96)111-72(69-108-75(94)64-60-56-52-48-44-41-37-34-30-26-22-18-14-10-6-2)70-110-118(106,107)117-90-88(115-91-85(104)81(100)79(98)73(68-93)112-91)84(103)83(102)87(114-78(97)67-63-59-55-51-46-40-32-28-24-20-16-12-8-4)89(90)116-92-86(105)82(101)80(99)74(113-92)71-109-76(95)65-61-57-53-49-45-42-38-35-31-27-23-19-15-11-7-3/h26,30,72-74,79-93,98-105H,5-25,27-29,31-71H2,1-4H3,(H,106,107)/b30-26-. The van der Waals surface area contributed by atoms with E-state index in [0.29, 0.717) is 32.1 Å². The van der Waals surface area contributed by atoms with Crippen LogP contribution in [-0.2, 0) is 70.7 Å². The van der Waals surface area contributed by atoms with E-state index in [9.17, 15) is 74.6 Å². The number of allylic oxidation sites excluding steroid dienone is 2. The zero-order valence-electron chi connectivity index (χ0n) is 74.0. The maximum atomic E-state index is 14.9. The van der Waals surface area contributed by atoms with Gasteiger partial charge >= 0.3 is 31.7 Å². The van der Waals surface area contributed by atoms with E-state index in [4.69, 9.17) is 46.9 Å². The van der Waals surface area contributed by atoms with Crippen molar-refractivity contribution in [1.29, 1.82) is 0 Å². The monoisotopic (exact) mass is 1710 g/mol. The molecule has 1 saturated carbocycles. The van der Waals surface area contributed by atoms with Gasteiger partial charge in [0.1, 0.15) is 92.6 Å². The molecule has 0 aromatic heterocycles. The number of ether oxygens (including phenoxy) is 8. The number of hydrogen-bond donors (Lipinski definition) is 10. The number of unbranched alkanes of at least 4 members (excludes halogenated alkanes) is 52. The van der Waals surface area contributed by atoms with Crippen molar-refractivity contribution < 1.29 is 122 Å². The van der Waals surface area contributed by atoms with Gasteiger partial charge in [0.05, 0.1) is 13.2 Å². The molecule has 3 rings (SSSR count).